The quantitative estimate of drug-likeness (QED) is 0.274. The number of aromatic nitrogens is 1. The first-order chi connectivity index (χ1) is 17.4. The molecule has 0 aliphatic carbocycles. The minimum atomic E-state index is -1.11. The lowest BCUT2D eigenvalue weighted by atomic mass is 9.84. The number of hydrogen-bond acceptors (Lipinski definition) is 4. The SMILES string of the molecule is CNC(=O)OCC(C)(C)c1c(-c2ccc(F)c(F)c2)c2cc(Cl)cc(O)c2n1-c1ccc(C(=O)O)cc1. The Labute approximate surface area is 215 Å². The number of benzene rings is 3. The van der Waals surface area contributed by atoms with Crippen LogP contribution in [0.3, 0.4) is 0 Å². The number of hydrogen-bond donors (Lipinski definition) is 3. The average molecular weight is 529 g/mol. The summed E-state index contributed by atoms with van der Waals surface area (Å²) in [6.45, 7) is 3.45. The number of nitrogens with zero attached hydrogens (tertiary/aromatic N) is 1. The molecular formula is C27H23ClF2N2O5. The van der Waals surface area contributed by atoms with Crippen molar-refractivity contribution in [2.75, 3.05) is 13.7 Å². The Balaban J connectivity index is 2.14. The molecule has 4 aromatic rings. The van der Waals surface area contributed by atoms with Crippen LogP contribution in [0, 0.1) is 11.6 Å². The van der Waals surface area contributed by atoms with Crippen molar-refractivity contribution in [3.63, 3.8) is 0 Å². The normalized spacial score (nSPS) is 11.5. The van der Waals surface area contributed by atoms with Crippen molar-refractivity contribution >= 4 is 34.6 Å². The Bertz CT molecular complexity index is 1530. The minimum Gasteiger partial charge on any atom is -0.506 e. The molecule has 0 saturated heterocycles. The standard InChI is InChI=1S/C27H23ClF2N2O5/c1-27(2,13-37-26(36)31-3)24-22(15-6-9-19(29)20(30)10-15)18-11-16(28)12-21(33)23(18)32(24)17-7-4-14(5-8-17)25(34)35/h4-12,33H,13H2,1-3H3,(H,31,36)(H,34,35). The monoisotopic (exact) mass is 528 g/mol. The van der Waals surface area contributed by atoms with E-state index >= 15 is 0 Å². The van der Waals surface area contributed by atoms with Crippen LogP contribution in [-0.4, -0.2) is 40.5 Å². The van der Waals surface area contributed by atoms with Crippen LogP contribution in [0.4, 0.5) is 13.6 Å². The van der Waals surface area contributed by atoms with Crippen LogP contribution in [0.25, 0.3) is 27.7 Å². The number of phenols is 1. The molecule has 3 N–H and O–H groups in total. The number of ether oxygens (including phenoxy) is 1. The fourth-order valence-corrected chi connectivity index (χ4v) is 4.56. The topological polar surface area (TPSA) is 101 Å². The van der Waals surface area contributed by atoms with Crippen LogP contribution in [0.2, 0.25) is 5.02 Å². The van der Waals surface area contributed by atoms with E-state index in [0.717, 1.165) is 12.1 Å². The van der Waals surface area contributed by atoms with E-state index in [4.69, 9.17) is 16.3 Å². The molecule has 0 spiro atoms. The third-order valence-corrected chi connectivity index (χ3v) is 6.22. The van der Waals surface area contributed by atoms with Gasteiger partial charge in [0.25, 0.3) is 0 Å². The second-order valence-electron chi connectivity index (χ2n) is 9.07. The van der Waals surface area contributed by atoms with Crippen LogP contribution in [-0.2, 0) is 10.2 Å². The zero-order valence-electron chi connectivity index (χ0n) is 20.1. The number of amides is 1. The molecule has 1 heterocycles. The second kappa shape index (κ2) is 9.74. The van der Waals surface area contributed by atoms with Crippen molar-refractivity contribution in [3.8, 4) is 22.6 Å². The molecule has 192 valence electrons. The molecule has 0 aliphatic heterocycles. The van der Waals surface area contributed by atoms with E-state index in [9.17, 15) is 28.6 Å². The molecule has 37 heavy (non-hydrogen) atoms. The zero-order valence-corrected chi connectivity index (χ0v) is 20.9. The van der Waals surface area contributed by atoms with E-state index in [1.165, 1.54) is 31.3 Å². The average Bonchev–Trinajstić information content (AvgIpc) is 3.20. The van der Waals surface area contributed by atoms with Gasteiger partial charge in [0.15, 0.2) is 11.6 Å². The highest BCUT2D eigenvalue weighted by Crippen LogP contribution is 2.46. The molecule has 0 aliphatic rings. The summed E-state index contributed by atoms with van der Waals surface area (Å²) >= 11 is 6.29. The number of aromatic hydroxyl groups is 1. The summed E-state index contributed by atoms with van der Waals surface area (Å²) < 4.78 is 35.3. The first kappa shape index (κ1) is 26.0. The number of alkyl carbamates (subject to hydrolysis) is 1. The molecule has 1 aromatic heterocycles. The third-order valence-electron chi connectivity index (χ3n) is 6.00. The maximum atomic E-state index is 14.4. The van der Waals surface area contributed by atoms with Gasteiger partial charge in [0.05, 0.1) is 11.1 Å². The van der Waals surface area contributed by atoms with E-state index < -0.39 is 29.1 Å². The molecule has 0 saturated carbocycles. The van der Waals surface area contributed by atoms with Crippen molar-refractivity contribution in [2.24, 2.45) is 0 Å². The molecule has 10 heteroatoms. The van der Waals surface area contributed by atoms with Crippen LogP contribution in [0.15, 0.2) is 54.6 Å². The van der Waals surface area contributed by atoms with E-state index in [2.05, 4.69) is 5.32 Å². The molecule has 0 radical (unpaired) electrons. The van der Waals surface area contributed by atoms with E-state index in [1.807, 2.05) is 0 Å². The van der Waals surface area contributed by atoms with Crippen molar-refractivity contribution in [1.29, 1.82) is 0 Å². The van der Waals surface area contributed by atoms with Crippen LogP contribution >= 0.6 is 11.6 Å². The van der Waals surface area contributed by atoms with Gasteiger partial charge in [-0.25, -0.2) is 18.4 Å². The van der Waals surface area contributed by atoms with Gasteiger partial charge in [-0.3, -0.25) is 0 Å². The third kappa shape index (κ3) is 4.82. The predicted molar refractivity (Wildman–Crippen MR) is 136 cm³/mol. The van der Waals surface area contributed by atoms with Gasteiger partial charge < -0.3 is 24.8 Å². The summed E-state index contributed by atoms with van der Waals surface area (Å²) in [4.78, 5) is 23.3. The van der Waals surface area contributed by atoms with Gasteiger partial charge in [-0.05, 0) is 48.0 Å². The Morgan fingerprint density at radius 1 is 1.05 bits per heavy atom. The Morgan fingerprint density at radius 3 is 2.32 bits per heavy atom. The minimum absolute atomic E-state index is 0.0528. The highest BCUT2D eigenvalue weighted by Gasteiger charge is 2.34. The lowest BCUT2D eigenvalue weighted by molar-refractivity contribution is 0.0696. The first-order valence-corrected chi connectivity index (χ1v) is 11.5. The molecule has 0 atom stereocenters. The van der Waals surface area contributed by atoms with Gasteiger partial charge in [0.1, 0.15) is 12.4 Å². The molecular weight excluding hydrogens is 506 g/mol. The number of phenolic OH excluding ortho intramolecular Hbond substituents is 1. The summed E-state index contributed by atoms with van der Waals surface area (Å²) in [7, 11) is 1.42. The summed E-state index contributed by atoms with van der Waals surface area (Å²) in [5.41, 5.74) is 1.08. The molecule has 7 nitrogen and oxygen atoms in total. The van der Waals surface area contributed by atoms with E-state index in [1.54, 1.807) is 36.6 Å². The van der Waals surface area contributed by atoms with Gasteiger partial charge in [-0.15, -0.1) is 0 Å². The van der Waals surface area contributed by atoms with Crippen molar-refractivity contribution in [3.05, 3.63) is 82.5 Å². The summed E-state index contributed by atoms with van der Waals surface area (Å²) in [5, 5.41) is 23.4. The number of carboxylic acid groups (broad SMARTS) is 1. The number of halogens is 3. The number of aromatic carboxylic acids is 1. The molecule has 4 rings (SSSR count). The van der Waals surface area contributed by atoms with E-state index in [-0.39, 0.29) is 22.9 Å². The van der Waals surface area contributed by atoms with Crippen LogP contribution < -0.4 is 5.32 Å². The number of rotatable bonds is 6. The summed E-state index contributed by atoms with van der Waals surface area (Å²) in [5.74, 6) is -3.40. The highest BCUT2D eigenvalue weighted by molar-refractivity contribution is 6.32. The maximum Gasteiger partial charge on any atom is 0.406 e. The van der Waals surface area contributed by atoms with Gasteiger partial charge >= 0.3 is 12.1 Å². The molecule has 0 bridgehead atoms. The van der Waals surface area contributed by atoms with Crippen molar-refractivity contribution in [2.45, 2.75) is 19.3 Å². The Morgan fingerprint density at radius 2 is 1.73 bits per heavy atom. The number of carbonyl (C=O) groups is 2. The first-order valence-electron chi connectivity index (χ1n) is 11.2. The number of nitrogens with one attached hydrogen (secondary N) is 1. The largest absolute Gasteiger partial charge is 0.506 e. The van der Waals surface area contributed by atoms with Crippen LogP contribution in [0.5, 0.6) is 5.75 Å². The maximum absolute atomic E-state index is 14.4. The number of carbonyl (C=O) groups excluding carboxylic acids is 1. The summed E-state index contributed by atoms with van der Waals surface area (Å²) in [6.07, 6.45) is -0.665. The predicted octanol–water partition coefficient (Wildman–Crippen LogP) is 6.27. The Kier molecular flexibility index (Phi) is 6.84. The molecule has 0 unspecified atom stereocenters. The van der Waals surface area contributed by atoms with Gasteiger partial charge in [0.2, 0.25) is 0 Å². The van der Waals surface area contributed by atoms with Gasteiger partial charge in [-0.2, -0.15) is 0 Å². The Hall–Kier alpha value is -4.11. The zero-order chi connectivity index (χ0) is 27.1. The van der Waals surface area contributed by atoms with Gasteiger partial charge in [0, 0.05) is 45.9 Å². The molecule has 0 fully saturated rings. The van der Waals surface area contributed by atoms with Crippen molar-refractivity contribution in [1.82, 2.24) is 9.88 Å². The van der Waals surface area contributed by atoms with Crippen molar-refractivity contribution < 1.29 is 33.3 Å². The molecule has 1 amide bonds. The number of fused-ring (bicyclic) bond motifs is 1. The summed E-state index contributed by atoms with van der Waals surface area (Å²) in [6, 6.07) is 12.3. The highest BCUT2D eigenvalue weighted by atomic mass is 35.5. The lowest BCUT2D eigenvalue weighted by Gasteiger charge is -2.28. The number of carboxylic acids is 1. The fraction of sp³-hybridized carbons (Fsp3) is 0.185. The second-order valence-corrected chi connectivity index (χ2v) is 9.51. The van der Waals surface area contributed by atoms with E-state index in [0.29, 0.717) is 33.4 Å². The fourth-order valence-electron chi connectivity index (χ4n) is 4.34. The smallest absolute Gasteiger partial charge is 0.406 e. The van der Waals surface area contributed by atoms with Crippen LogP contribution in [0.1, 0.15) is 29.9 Å². The lowest BCUT2D eigenvalue weighted by Crippen LogP contribution is -2.32. The molecule has 3 aromatic carbocycles. The van der Waals surface area contributed by atoms with Gasteiger partial charge in [-0.1, -0.05) is 31.5 Å².